The van der Waals surface area contributed by atoms with Crippen molar-refractivity contribution in [2.45, 2.75) is 58.4 Å². The third-order valence-electron chi connectivity index (χ3n) is 3.87. The van der Waals surface area contributed by atoms with Gasteiger partial charge in [-0.2, -0.15) is 0 Å². The summed E-state index contributed by atoms with van der Waals surface area (Å²) in [6.45, 7) is 6.52. The van der Waals surface area contributed by atoms with Crippen LogP contribution in [0.1, 0.15) is 52.4 Å². The second kappa shape index (κ2) is 7.24. The Morgan fingerprint density at radius 3 is 2.60 bits per heavy atom. The van der Waals surface area contributed by atoms with Gasteiger partial charge in [0.15, 0.2) is 0 Å². The lowest BCUT2D eigenvalue weighted by Gasteiger charge is -2.28. The highest BCUT2D eigenvalue weighted by molar-refractivity contribution is 4.76. The summed E-state index contributed by atoms with van der Waals surface area (Å²) in [6.07, 6.45) is 8.28. The van der Waals surface area contributed by atoms with Gasteiger partial charge in [-0.05, 0) is 31.2 Å². The smallest absolute Gasteiger partial charge is 0.0215 e. The molecular formula is C13H28N2. The van der Waals surface area contributed by atoms with Gasteiger partial charge in [0, 0.05) is 12.6 Å². The summed E-state index contributed by atoms with van der Waals surface area (Å²) in [6, 6.07) is 0.532. The molecule has 15 heavy (non-hydrogen) atoms. The Morgan fingerprint density at radius 1 is 1.40 bits per heavy atom. The number of rotatable bonds is 8. The van der Waals surface area contributed by atoms with Crippen molar-refractivity contribution >= 4 is 0 Å². The van der Waals surface area contributed by atoms with Gasteiger partial charge in [0.2, 0.25) is 0 Å². The summed E-state index contributed by atoms with van der Waals surface area (Å²) in [7, 11) is 0. The number of nitrogens with two attached hydrogens (primary N) is 1. The van der Waals surface area contributed by atoms with Crippen LogP contribution in [0.15, 0.2) is 0 Å². The Morgan fingerprint density at radius 2 is 2.13 bits per heavy atom. The normalized spacial score (nSPS) is 21.0. The van der Waals surface area contributed by atoms with Crippen molar-refractivity contribution < 1.29 is 0 Å². The zero-order valence-corrected chi connectivity index (χ0v) is 10.5. The molecule has 0 spiro atoms. The molecule has 1 saturated carbocycles. The largest absolute Gasteiger partial charge is 0.329 e. The van der Waals surface area contributed by atoms with Crippen molar-refractivity contribution in [3.8, 4) is 0 Å². The molecule has 0 heterocycles. The fourth-order valence-corrected chi connectivity index (χ4v) is 2.43. The SMILES string of the molecule is CCCC(C)C(CN)NCCC1CCC1. The van der Waals surface area contributed by atoms with Gasteiger partial charge in [-0.1, -0.05) is 39.5 Å². The molecule has 2 atom stereocenters. The Kier molecular flexibility index (Phi) is 6.26. The van der Waals surface area contributed by atoms with E-state index in [2.05, 4.69) is 19.2 Å². The van der Waals surface area contributed by atoms with Crippen LogP contribution in [0, 0.1) is 11.8 Å². The fraction of sp³-hybridized carbons (Fsp3) is 1.00. The van der Waals surface area contributed by atoms with E-state index in [1.807, 2.05) is 0 Å². The number of nitrogens with one attached hydrogen (secondary N) is 1. The molecule has 0 aromatic rings. The van der Waals surface area contributed by atoms with Gasteiger partial charge in [0.25, 0.3) is 0 Å². The highest BCUT2D eigenvalue weighted by atomic mass is 14.9. The lowest BCUT2D eigenvalue weighted by molar-refractivity contribution is 0.276. The Balaban J connectivity index is 2.08. The third-order valence-corrected chi connectivity index (χ3v) is 3.87. The Labute approximate surface area is 95.0 Å². The minimum atomic E-state index is 0.532. The van der Waals surface area contributed by atoms with Gasteiger partial charge in [-0.25, -0.2) is 0 Å². The molecule has 0 aliphatic heterocycles. The fourth-order valence-electron chi connectivity index (χ4n) is 2.43. The minimum absolute atomic E-state index is 0.532. The summed E-state index contributed by atoms with van der Waals surface area (Å²) in [5.41, 5.74) is 5.80. The summed E-state index contributed by atoms with van der Waals surface area (Å²) in [5, 5.41) is 3.63. The van der Waals surface area contributed by atoms with Crippen molar-refractivity contribution in [3.05, 3.63) is 0 Å². The molecule has 0 saturated heterocycles. The predicted molar refractivity (Wildman–Crippen MR) is 66.9 cm³/mol. The van der Waals surface area contributed by atoms with Gasteiger partial charge < -0.3 is 11.1 Å². The van der Waals surface area contributed by atoms with Crippen molar-refractivity contribution in [2.75, 3.05) is 13.1 Å². The second-order valence-electron chi connectivity index (χ2n) is 5.15. The summed E-state index contributed by atoms with van der Waals surface area (Å²) in [4.78, 5) is 0. The molecule has 2 unspecified atom stereocenters. The van der Waals surface area contributed by atoms with Crippen LogP contribution >= 0.6 is 0 Å². The van der Waals surface area contributed by atoms with Gasteiger partial charge in [0.05, 0.1) is 0 Å². The summed E-state index contributed by atoms with van der Waals surface area (Å²) in [5.74, 6) is 1.73. The average Bonchev–Trinajstić information content (AvgIpc) is 2.15. The standard InChI is InChI=1S/C13H28N2/c1-3-5-11(2)13(10-14)15-9-8-12-6-4-7-12/h11-13,15H,3-10,14H2,1-2H3. The maximum atomic E-state index is 5.80. The van der Waals surface area contributed by atoms with E-state index in [1.165, 1.54) is 45.1 Å². The lowest BCUT2D eigenvalue weighted by atomic mass is 9.83. The van der Waals surface area contributed by atoms with Crippen LogP contribution in [-0.4, -0.2) is 19.1 Å². The first kappa shape index (κ1) is 13.0. The monoisotopic (exact) mass is 212 g/mol. The molecule has 0 aromatic carbocycles. The quantitative estimate of drug-likeness (QED) is 0.649. The van der Waals surface area contributed by atoms with E-state index in [9.17, 15) is 0 Å². The molecule has 3 N–H and O–H groups in total. The lowest BCUT2D eigenvalue weighted by Crippen LogP contribution is -2.42. The molecule has 1 aliphatic rings. The summed E-state index contributed by atoms with van der Waals surface area (Å²) < 4.78 is 0. The Hall–Kier alpha value is -0.0800. The van der Waals surface area contributed by atoms with E-state index in [0.29, 0.717) is 6.04 Å². The zero-order valence-electron chi connectivity index (χ0n) is 10.5. The minimum Gasteiger partial charge on any atom is -0.329 e. The highest BCUT2D eigenvalue weighted by Gasteiger charge is 2.18. The van der Waals surface area contributed by atoms with Crippen LogP contribution in [0.2, 0.25) is 0 Å². The van der Waals surface area contributed by atoms with E-state index in [4.69, 9.17) is 5.73 Å². The predicted octanol–water partition coefficient (Wildman–Crippen LogP) is 2.53. The van der Waals surface area contributed by atoms with E-state index < -0.39 is 0 Å². The molecule has 1 rings (SSSR count). The number of hydrogen-bond acceptors (Lipinski definition) is 2. The van der Waals surface area contributed by atoms with Crippen LogP contribution < -0.4 is 11.1 Å². The molecule has 90 valence electrons. The second-order valence-corrected chi connectivity index (χ2v) is 5.15. The topological polar surface area (TPSA) is 38.0 Å². The molecule has 2 nitrogen and oxygen atoms in total. The van der Waals surface area contributed by atoms with Crippen molar-refractivity contribution in [3.63, 3.8) is 0 Å². The van der Waals surface area contributed by atoms with Crippen LogP contribution in [0.3, 0.4) is 0 Å². The molecule has 0 amide bonds. The maximum absolute atomic E-state index is 5.80. The molecule has 1 fully saturated rings. The maximum Gasteiger partial charge on any atom is 0.0215 e. The molecule has 0 radical (unpaired) electrons. The molecule has 0 bridgehead atoms. The first-order valence-electron chi connectivity index (χ1n) is 6.71. The number of hydrogen-bond donors (Lipinski definition) is 2. The first-order valence-corrected chi connectivity index (χ1v) is 6.71. The van der Waals surface area contributed by atoms with Gasteiger partial charge in [0.1, 0.15) is 0 Å². The zero-order chi connectivity index (χ0) is 11.1. The van der Waals surface area contributed by atoms with Gasteiger partial charge in [-0.15, -0.1) is 0 Å². The van der Waals surface area contributed by atoms with Crippen molar-refractivity contribution in [1.82, 2.24) is 5.32 Å². The molecule has 0 aromatic heterocycles. The van der Waals surface area contributed by atoms with Crippen LogP contribution in [0.25, 0.3) is 0 Å². The van der Waals surface area contributed by atoms with Crippen molar-refractivity contribution in [2.24, 2.45) is 17.6 Å². The molecular weight excluding hydrogens is 184 g/mol. The molecule has 2 heteroatoms. The average molecular weight is 212 g/mol. The summed E-state index contributed by atoms with van der Waals surface area (Å²) >= 11 is 0. The van der Waals surface area contributed by atoms with E-state index in [-0.39, 0.29) is 0 Å². The third kappa shape index (κ3) is 4.52. The molecule has 1 aliphatic carbocycles. The van der Waals surface area contributed by atoms with Crippen LogP contribution in [0.5, 0.6) is 0 Å². The van der Waals surface area contributed by atoms with E-state index in [0.717, 1.165) is 18.4 Å². The van der Waals surface area contributed by atoms with Crippen LogP contribution in [-0.2, 0) is 0 Å². The highest BCUT2D eigenvalue weighted by Crippen LogP contribution is 2.28. The first-order chi connectivity index (χ1) is 7.27. The Bertz CT molecular complexity index is 155. The van der Waals surface area contributed by atoms with Crippen LogP contribution in [0.4, 0.5) is 0 Å². The van der Waals surface area contributed by atoms with Gasteiger partial charge in [-0.3, -0.25) is 0 Å². The van der Waals surface area contributed by atoms with E-state index in [1.54, 1.807) is 0 Å². The van der Waals surface area contributed by atoms with E-state index >= 15 is 0 Å². The van der Waals surface area contributed by atoms with Gasteiger partial charge >= 0.3 is 0 Å². The van der Waals surface area contributed by atoms with Crippen molar-refractivity contribution in [1.29, 1.82) is 0 Å².